The number of nitrogens with zero attached hydrogens (tertiary/aromatic N) is 2. The van der Waals surface area contributed by atoms with Crippen LogP contribution in [0.5, 0.6) is 5.75 Å². The Kier molecular flexibility index (Phi) is 4.68. The van der Waals surface area contributed by atoms with Crippen molar-refractivity contribution in [2.75, 3.05) is 13.2 Å². The van der Waals surface area contributed by atoms with Gasteiger partial charge >= 0.3 is 0 Å². The first-order valence-electron chi connectivity index (χ1n) is 7.84. The second-order valence-corrected chi connectivity index (χ2v) is 7.27. The molecule has 0 radical (unpaired) electrons. The zero-order valence-corrected chi connectivity index (χ0v) is 13.9. The van der Waals surface area contributed by atoms with Gasteiger partial charge in [0.25, 0.3) is 0 Å². The molecule has 1 saturated carbocycles. The molecule has 0 amide bonds. The van der Waals surface area contributed by atoms with Gasteiger partial charge in [-0.1, -0.05) is 12.1 Å². The van der Waals surface area contributed by atoms with E-state index in [1.807, 2.05) is 17.7 Å². The van der Waals surface area contributed by atoms with Crippen molar-refractivity contribution < 1.29 is 13.2 Å². The van der Waals surface area contributed by atoms with E-state index in [0.29, 0.717) is 31.4 Å². The van der Waals surface area contributed by atoms with Crippen LogP contribution in [0.15, 0.2) is 41.6 Å². The lowest BCUT2D eigenvalue weighted by Crippen LogP contribution is -2.28. The number of sulfonamides is 1. The summed E-state index contributed by atoms with van der Waals surface area (Å²) in [5.41, 5.74) is 0. The molecule has 1 fully saturated rings. The van der Waals surface area contributed by atoms with Gasteiger partial charge in [0.05, 0.1) is 6.61 Å². The number of para-hydroxylation sites is 1. The zero-order valence-electron chi connectivity index (χ0n) is 13.1. The lowest BCUT2D eigenvalue weighted by atomic mass is 10.3. The highest BCUT2D eigenvalue weighted by molar-refractivity contribution is 7.89. The van der Waals surface area contributed by atoms with E-state index in [1.165, 1.54) is 12.8 Å². The second kappa shape index (κ2) is 6.72. The molecular weight excluding hydrogens is 314 g/mol. The van der Waals surface area contributed by atoms with Crippen molar-refractivity contribution in [3.8, 4) is 5.75 Å². The lowest BCUT2D eigenvalue weighted by molar-refractivity contribution is 0.331. The summed E-state index contributed by atoms with van der Waals surface area (Å²) >= 11 is 0. The summed E-state index contributed by atoms with van der Waals surface area (Å²) in [6.45, 7) is 3.14. The van der Waals surface area contributed by atoms with Crippen LogP contribution in [0.4, 0.5) is 0 Å². The third kappa shape index (κ3) is 3.73. The van der Waals surface area contributed by atoms with E-state index < -0.39 is 10.0 Å². The maximum Gasteiger partial charge on any atom is 0.244 e. The fourth-order valence-corrected chi connectivity index (χ4v) is 3.70. The predicted molar refractivity (Wildman–Crippen MR) is 87.0 cm³/mol. The molecule has 1 N–H and O–H groups in total. The molecule has 1 aliphatic rings. The van der Waals surface area contributed by atoms with Crippen molar-refractivity contribution in [1.82, 2.24) is 14.3 Å². The molecule has 1 heterocycles. The van der Waals surface area contributed by atoms with E-state index in [-0.39, 0.29) is 4.90 Å². The summed E-state index contributed by atoms with van der Waals surface area (Å²) < 4.78 is 35.0. The van der Waals surface area contributed by atoms with Gasteiger partial charge in [0.2, 0.25) is 10.0 Å². The number of ether oxygens (including phenoxy) is 1. The molecule has 6 nitrogen and oxygen atoms in total. The normalized spacial score (nSPS) is 14.8. The summed E-state index contributed by atoms with van der Waals surface area (Å²) in [6, 6.07) is 6.68. The number of nitrogens with one attached hydrogen (secondary N) is 1. The van der Waals surface area contributed by atoms with Gasteiger partial charge in [0.15, 0.2) is 0 Å². The van der Waals surface area contributed by atoms with Crippen LogP contribution in [0.2, 0.25) is 0 Å². The number of imidazole rings is 1. The van der Waals surface area contributed by atoms with Crippen LogP contribution in [0.25, 0.3) is 0 Å². The Morgan fingerprint density at radius 1 is 1.35 bits per heavy atom. The van der Waals surface area contributed by atoms with Crippen molar-refractivity contribution in [2.45, 2.75) is 37.1 Å². The highest BCUT2D eigenvalue weighted by Crippen LogP contribution is 2.38. The summed E-state index contributed by atoms with van der Waals surface area (Å²) in [7, 11) is -3.59. The van der Waals surface area contributed by atoms with Gasteiger partial charge in [-0.3, -0.25) is 0 Å². The van der Waals surface area contributed by atoms with Gasteiger partial charge in [0.1, 0.15) is 16.5 Å². The first-order chi connectivity index (χ1) is 11.1. The Hall–Kier alpha value is -1.86. The Balaban J connectivity index is 1.66. The largest absolute Gasteiger partial charge is 0.492 e. The van der Waals surface area contributed by atoms with E-state index in [0.717, 1.165) is 5.82 Å². The maximum atomic E-state index is 12.5. The Bertz CT molecular complexity index is 766. The fourth-order valence-electron chi connectivity index (χ4n) is 2.54. The molecule has 1 aromatic heterocycles. The molecular formula is C16H21N3O3S. The molecule has 0 bridgehead atoms. The first kappa shape index (κ1) is 16.0. The summed E-state index contributed by atoms with van der Waals surface area (Å²) in [4.78, 5) is 4.53. The van der Waals surface area contributed by atoms with Crippen molar-refractivity contribution >= 4 is 10.0 Å². The molecule has 2 aromatic rings. The van der Waals surface area contributed by atoms with Crippen molar-refractivity contribution in [3.63, 3.8) is 0 Å². The number of aromatic nitrogens is 2. The van der Waals surface area contributed by atoms with Crippen LogP contribution in [0.1, 0.15) is 31.5 Å². The molecule has 1 aliphatic carbocycles. The topological polar surface area (TPSA) is 73.2 Å². The van der Waals surface area contributed by atoms with Crippen LogP contribution >= 0.6 is 0 Å². The Morgan fingerprint density at radius 3 is 2.87 bits per heavy atom. The lowest BCUT2D eigenvalue weighted by Gasteiger charge is -2.12. The average molecular weight is 335 g/mol. The highest BCUT2D eigenvalue weighted by Gasteiger charge is 2.27. The quantitative estimate of drug-likeness (QED) is 0.802. The van der Waals surface area contributed by atoms with E-state index in [2.05, 4.69) is 9.71 Å². The number of benzene rings is 1. The minimum Gasteiger partial charge on any atom is -0.492 e. The molecule has 0 saturated heterocycles. The number of hydrogen-bond acceptors (Lipinski definition) is 4. The zero-order chi connectivity index (χ0) is 16.3. The van der Waals surface area contributed by atoms with Crippen LogP contribution in [-0.2, 0) is 16.6 Å². The minimum absolute atomic E-state index is 0.176. The molecule has 23 heavy (non-hydrogen) atoms. The molecule has 0 unspecified atom stereocenters. The third-order valence-corrected chi connectivity index (χ3v) is 5.27. The van der Waals surface area contributed by atoms with E-state index in [9.17, 15) is 8.42 Å². The molecule has 0 aliphatic heterocycles. The molecule has 7 heteroatoms. The van der Waals surface area contributed by atoms with E-state index in [1.54, 1.807) is 30.5 Å². The van der Waals surface area contributed by atoms with Crippen LogP contribution in [0, 0.1) is 0 Å². The Morgan fingerprint density at radius 2 is 2.13 bits per heavy atom. The SMILES string of the molecule is CCOc1ccccc1S(=O)(=O)NCCn1ccnc1C1CC1. The van der Waals surface area contributed by atoms with Crippen LogP contribution in [0.3, 0.4) is 0 Å². The van der Waals surface area contributed by atoms with Crippen LogP contribution < -0.4 is 9.46 Å². The van der Waals surface area contributed by atoms with Gasteiger partial charge < -0.3 is 9.30 Å². The summed E-state index contributed by atoms with van der Waals surface area (Å²) in [5, 5.41) is 0. The van der Waals surface area contributed by atoms with Crippen LogP contribution in [-0.4, -0.2) is 31.1 Å². The van der Waals surface area contributed by atoms with Crippen molar-refractivity contribution in [2.24, 2.45) is 0 Å². The van der Waals surface area contributed by atoms with Gasteiger partial charge in [0, 0.05) is 31.4 Å². The van der Waals surface area contributed by atoms with Gasteiger partial charge in [-0.15, -0.1) is 0 Å². The molecule has 0 atom stereocenters. The molecule has 0 spiro atoms. The Labute approximate surface area is 136 Å². The number of hydrogen-bond donors (Lipinski definition) is 1. The van der Waals surface area contributed by atoms with Gasteiger partial charge in [-0.2, -0.15) is 0 Å². The number of rotatable bonds is 8. The summed E-state index contributed by atoms with van der Waals surface area (Å²) in [6.07, 6.45) is 6.01. The van der Waals surface area contributed by atoms with E-state index in [4.69, 9.17) is 4.74 Å². The summed E-state index contributed by atoms with van der Waals surface area (Å²) in [5.74, 6) is 1.98. The standard InChI is InChI=1S/C16H21N3O3S/c1-2-22-14-5-3-4-6-15(14)23(20,21)18-10-12-19-11-9-17-16(19)13-7-8-13/h3-6,9,11,13,18H,2,7-8,10,12H2,1H3. The maximum absolute atomic E-state index is 12.5. The van der Waals surface area contributed by atoms with Crippen molar-refractivity contribution in [1.29, 1.82) is 0 Å². The molecule has 1 aromatic carbocycles. The monoisotopic (exact) mass is 335 g/mol. The average Bonchev–Trinajstić information content (AvgIpc) is 3.27. The predicted octanol–water partition coefficient (Wildman–Crippen LogP) is 2.14. The highest BCUT2D eigenvalue weighted by atomic mass is 32.2. The fraction of sp³-hybridized carbons (Fsp3) is 0.438. The van der Waals surface area contributed by atoms with Gasteiger partial charge in [-0.25, -0.2) is 18.1 Å². The molecule has 124 valence electrons. The van der Waals surface area contributed by atoms with Gasteiger partial charge in [-0.05, 0) is 31.9 Å². The second-order valence-electron chi connectivity index (χ2n) is 5.53. The molecule has 3 rings (SSSR count). The smallest absolute Gasteiger partial charge is 0.244 e. The minimum atomic E-state index is -3.59. The third-order valence-electron chi connectivity index (χ3n) is 3.77. The van der Waals surface area contributed by atoms with E-state index >= 15 is 0 Å². The first-order valence-corrected chi connectivity index (χ1v) is 9.32. The van der Waals surface area contributed by atoms with Crippen molar-refractivity contribution in [3.05, 3.63) is 42.5 Å².